The second kappa shape index (κ2) is 12.2. The molecular formula is C20H31NO6. The minimum Gasteiger partial charge on any atom is -0.493 e. The molecule has 2 N–H and O–H groups in total. The lowest BCUT2D eigenvalue weighted by Crippen LogP contribution is -2.35. The molecule has 27 heavy (non-hydrogen) atoms. The van der Waals surface area contributed by atoms with Gasteiger partial charge in [0.1, 0.15) is 0 Å². The maximum Gasteiger partial charge on any atom is 0.414 e. The number of carboxylic acid groups (broad SMARTS) is 2. The summed E-state index contributed by atoms with van der Waals surface area (Å²) in [7, 11) is 1.69. The number of hydrogen-bond acceptors (Lipinski definition) is 5. The molecule has 7 nitrogen and oxygen atoms in total. The van der Waals surface area contributed by atoms with Crippen LogP contribution in [-0.4, -0.2) is 60.4 Å². The first-order chi connectivity index (χ1) is 12.8. The summed E-state index contributed by atoms with van der Waals surface area (Å²) < 4.78 is 11.2. The van der Waals surface area contributed by atoms with Crippen molar-refractivity contribution in [3.63, 3.8) is 0 Å². The molecule has 1 aliphatic rings. The average molecular weight is 381 g/mol. The third kappa shape index (κ3) is 9.28. The van der Waals surface area contributed by atoms with Gasteiger partial charge in [-0.25, -0.2) is 9.59 Å². The van der Waals surface area contributed by atoms with Gasteiger partial charge in [0.25, 0.3) is 0 Å². The number of carbonyl (C=O) groups is 2. The van der Waals surface area contributed by atoms with Gasteiger partial charge in [-0.05, 0) is 69.3 Å². The fourth-order valence-corrected chi connectivity index (χ4v) is 3.00. The molecule has 1 heterocycles. The van der Waals surface area contributed by atoms with Gasteiger partial charge in [0, 0.05) is 6.54 Å². The number of likely N-dealkylation sites (tertiary alicyclic amines) is 1. The van der Waals surface area contributed by atoms with Gasteiger partial charge >= 0.3 is 11.9 Å². The number of rotatable bonds is 7. The highest BCUT2D eigenvalue weighted by Crippen LogP contribution is 2.27. The lowest BCUT2D eigenvalue weighted by Gasteiger charge is -2.30. The third-order valence-electron chi connectivity index (χ3n) is 4.37. The summed E-state index contributed by atoms with van der Waals surface area (Å²) in [5.41, 5.74) is 1.19. The number of hydrogen-bond donors (Lipinski definition) is 2. The van der Waals surface area contributed by atoms with Crippen LogP contribution < -0.4 is 9.47 Å². The molecule has 0 bridgehead atoms. The van der Waals surface area contributed by atoms with Gasteiger partial charge in [-0.3, -0.25) is 0 Å². The highest BCUT2D eigenvalue weighted by molar-refractivity contribution is 6.27. The molecule has 1 fully saturated rings. The van der Waals surface area contributed by atoms with Crippen LogP contribution in [0.2, 0.25) is 0 Å². The minimum absolute atomic E-state index is 0.767. The van der Waals surface area contributed by atoms with Crippen molar-refractivity contribution >= 4 is 11.9 Å². The van der Waals surface area contributed by atoms with Gasteiger partial charge < -0.3 is 24.6 Å². The van der Waals surface area contributed by atoms with E-state index in [0.29, 0.717) is 0 Å². The highest BCUT2D eigenvalue weighted by atomic mass is 16.5. The molecule has 1 aromatic rings. The van der Waals surface area contributed by atoms with E-state index in [2.05, 4.69) is 24.8 Å². The van der Waals surface area contributed by atoms with E-state index < -0.39 is 11.9 Å². The number of ether oxygens (including phenoxy) is 2. The Balaban J connectivity index is 0.000000527. The molecule has 2 rings (SSSR count). The number of aryl methyl sites for hydroxylation is 1. The van der Waals surface area contributed by atoms with Crippen molar-refractivity contribution in [1.82, 2.24) is 4.90 Å². The van der Waals surface area contributed by atoms with Gasteiger partial charge in [-0.2, -0.15) is 0 Å². The van der Waals surface area contributed by atoms with Crippen LogP contribution >= 0.6 is 0 Å². The predicted molar refractivity (Wildman–Crippen MR) is 103 cm³/mol. The normalized spacial score (nSPS) is 16.8. The fraction of sp³-hybridized carbons (Fsp3) is 0.600. The average Bonchev–Trinajstić information content (AvgIpc) is 2.63. The first-order valence-corrected chi connectivity index (χ1v) is 9.29. The highest BCUT2D eigenvalue weighted by Gasteiger charge is 2.15. The van der Waals surface area contributed by atoms with Crippen LogP contribution in [0.25, 0.3) is 0 Å². The maximum absolute atomic E-state index is 9.10. The molecule has 0 spiro atoms. The van der Waals surface area contributed by atoms with Crippen molar-refractivity contribution in [1.29, 1.82) is 0 Å². The number of unbranched alkanes of at least 4 members (excludes halogenated alkanes) is 1. The molecule has 0 aliphatic carbocycles. The Hall–Kier alpha value is -2.28. The summed E-state index contributed by atoms with van der Waals surface area (Å²) in [5, 5.41) is 14.8. The monoisotopic (exact) mass is 381 g/mol. The molecule has 1 atom stereocenters. The summed E-state index contributed by atoms with van der Waals surface area (Å²) in [6, 6.07) is 6.08. The van der Waals surface area contributed by atoms with Crippen molar-refractivity contribution in [2.75, 3.05) is 33.4 Å². The van der Waals surface area contributed by atoms with E-state index in [1.165, 1.54) is 44.5 Å². The van der Waals surface area contributed by atoms with E-state index >= 15 is 0 Å². The molecule has 0 amide bonds. The molecule has 0 radical (unpaired) electrons. The lowest BCUT2D eigenvalue weighted by molar-refractivity contribution is -0.159. The van der Waals surface area contributed by atoms with E-state index in [1.54, 1.807) is 7.11 Å². The third-order valence-corrected chi connectivity index (χ3v) is 4.37. The van der Waals surface area contributed by atoms with E-state index in [1.807, 2.05) is 12.1 Å². The first kappa shape index (κ1) is 22.8. The summed E-state index contributed by atoms with van der Waals surface area (Å²) >= 11 is 0. The van der Waals surface area contributed by atoms with Crippen LogP contribution in [0, 0.1) is 12.8 Å². The number of nitrogens with zero attached hydrogens (tertiary/aromatic N) is 1. The Bertz CT molecular complexity index is 592. The van der Waals surface area contributed by atoms with Crippen molar-refractivity contribution in [3.05, 3.63) is 23.8 Å². The number of piperidine rings is 1. The summed E-state index contributed by atoms with van der Waals surface area (Å²) in [6.07, 6.45) is 5.06. The largest absolute Gasteiger partial charge is 0.493 e. The zero-order valence-corrected chi connectivity index (χ0v) is 16.4. The molecule has 1 unspecified atom stereocenters. The topological polar surface area (TPSA) is 96.3 Å². The fourth-order valence-electron chi connectivity index (χ4n) is 3.00. The zero-order valence-electron chi connectivity index (χ0n) is 16.4. The molecule has 7 heteroatoms. The Morgan fingerprint density at radius 1 is 1.19 bits per heavy atom. The van der Waals surface area contributed by atoms with Crippen LogP contribution in [0.5, 0.6) is 11.5 Å². The van der Waals surface area contributed by atoms with Gasteiger partial charge in [-0.1, -0.05) is 13.0 Å². The second-order valence-corrected chi connectivity index (χ2v) is 6.87. The minimum atomic E-state index is -1.82. The van der Waals surface area contributed by atoms with Gasteiger partial charge in [0.15, 0.2) is 11.5 Å². The van der Waals surface area contributed by atoms with Gasteiger partial charge in [0.05, 0.1) is 13.7 Å². The van der Waals surface area contributed by atoms with Crippen LogP contribution in [0.15, 0.2) is 18.2 Å². The standard InChI is InChI=1S/C18H29NO2.C2H2O4/c1-15-8-9-17(18(13-15)20-3)21-12-5-4-10-19-11-6-7-16(2)14-19;3-1(4)2(5)6/h8-9,13,16H,4-7,10-12,14H2,1-3H3;(H,3,4)(H,5,6). The van der Waals surface area contributed by atoms with E-state index in [4.69, 9.17) is 29.3 Å². The summed E-state index contributed by atoms with van der Waals surface area (Å²) in [6.45, 7) is 8.94. The molecule has 0 aromatic heterocycles. The van der Waals surface area contributed by atoms with Crippen LogP contribution in [0.1, 0.15) is 38.2 Å². The van der Waals surface area contributed by atoms with Crippen molar-refractivity contribution < 1.29 is 29.3 Å². The summed E-state index contributed by atoms with van der Waals surface area (Å²) in [5.74, 6) is -1.09. The number of aliphatic carboxylic acids is 2. The molecule has 1 saturated heterocycles. The predicted octanol–water partition coefficient (Wildman–Crippen LogP) is 3.05. The van der Waals surface area contributed by atoms with Crippen LogP contribution in [-0.2, 0) is 9.59 Å². The maximum atomic E-state index is 9.10. The number of carboxylic acids is 2. The molecular weight excluding hydrogens is 350 g/mol. The Labute approximate surface area is 160 Å². The zero-order chi connectivity index (χ0) is 20.2. The summed E-state index contributed by atoms with van der Waals surface area (Å²) in [4.78, 5) is 20.8. The van der Waals surface area contributed by atoms with E-state index in [9.17, 15) is 0 Å². The van der Waals surface area contributed by atoms with Crippen molar-refractivity contribution in [2.45, 2.75) is 39.5 Å². The Morgan fingerprint density at radius 2 is 1.89 bits per heavy atom. The molecule has 0 saturated carbocycles. The Morgan fingerprint density at radius 3 is 2.48 bits per heavy atom. The van der Waals surface area contributed by atoms with Crippen LogP contribution in [0.4, 0.5) is 0 Å². The molecule has 1 aliphatic heterocycles. The van der Waals surface area contributed by atoms with Crippen LogP contribution in [0.3, 0.4) is 0 Å². The van der Waals surface area contributed by atoms with E-state index in [0.717, 1.165) is 30.4 Å². The van der Waals surface area contributed by atoms with Crippen molar-refractivity contribution in [2.24, 2.45) is 5.92 Å². The SMILES string of the molecule is COc1cc(C)ccc1OCCCCN1CCCC(C)C1.O=C(O)C(=O)O. The van der Waals surface area contributed by atoms with E-state index in [-0.39, 0.29) is 0 Å². The van der Waals surface area contributed by atoms with Gasteiger partial charge in [0.2, 0.25) is 0 Å². The quantitative estimate of drug-likeness (QED) is 0.553. The second-order valence-electron chi connectivity index (χ2n) is 6.87. The number of methoxy groups -OCH3 is 1. The lowest BCUT2D eigenvalue weighted by atomic mass is 10.0. The molecule has 152 valence electrons. The number of benzene rings is 1. The smallest absolute Gasteiger partial charge is 0.414 e. The first-order valence-electron chi connectivity index (χ1n) is 9.29. The Kier molecular flexibility index (Phi) is 10.3. The van der Waals surface area contributed by atoms with Crippen molar-refractivity contribution in [3.8, 4) is 11.5 Å². The van der Waals surface area contributed by atoms with Gasteiger partial charge in [-0.15, -0.1) is 0 Å². The molecule has 1 aromatic carbocycles.